The summed E-state index contributed by atoms with van der Waals surface area (Å²) in [6.07, 6.45) is 0.645. The Bertz CT molecular complexity index is 657. The number of benzene rings is 1. The average Bonchev–Trinajstić information content (AvgIpc) is 2.48. The third kappa shape index (κ3) is 5.51. The van der Waals surface area contributed by atoms with Gasteiger partial charge in [-0.25, -0.2) is 4.79 Å². The molecule has 0 radical (unpaired) electrons. The van der Waals surface area contributed by atoms with Crippen molar-refractivity contribution in [3.8, 4) is 0 Å². The molecular weight excluding hydrogens is 365 g/mol. The number of hydrogen-bond donors (Lipinski definition) is 1. The molecule has 0 saturated carbocycles. The van der Waals surface area contributed by atoms with Crippen LogP contribution in [0.25, 0.3) is 0 Å². The molecule has 0 aromatic heterocycles. The van der Waals surface area contributed by atoms with Crippen LogP contribution in [0.4, 0.5) is 4.79 Å². The van der Waals surface area contributed by atoms with Crippen LogP contribution in [0.5, 0.6) is 0 Å². The zero-order valence-corrected chi connectivity index (χ0v) is 16.1. The van der Waals surface area contributed by atoms with Gasteiger partial charge in [-0.2, -0.15) is 0 Å². The molecule has 1 amide bonds. The number of nitrogens with zero attached hydrogens (tertiary/aromatic N) is 1. The number of carbonyl (C=O) groups excluding carboxylic acids is 1. The van der Waals surface area contributed by atoms with E-state index in [0.29, 0.717) is 29.4 Å². The fourth-order valence-corrected chi connectivity index (χ4v) is 3.47. The fourth-order valence-electron chi connectivity index (χ4n) is 2.99. The Morgan fingerprint density at radius 2 is 2.00 bits per heavy atom. The summed E-state index contributed by atoms with van der Waals surface area (Å²) in [7, 11) is 0. The first kappa shape index (κ1) is 19.9. The number of carbonyl (C=O) groups is 2. The van der Waals surface area contributed by atoms with Crippen LogP contribution >= 0.6 is 23.2 Å². The summed E-state index contributed by atoms with van der Waals surface area (Å²) in [5, 5.41) is 10.7. The predicted molar refractivity (Wildman–Crippen MR) is 97.2 cm³/mol. The summed E-state index contributed by atoms with van der Waals surface area (Å²) >= 11 is 12.1. The molecule has 1 heterocycles. The van der Waals surface area contributed by atoms with Crippen molar-refractivity contribution >= 4 is 35.3 Å². The lowest BCUT2D eigenvalue weighted by Crippen LogP contribution is -2.48. The molecule has 1 aromatic carbocycles. The molecule has 1 N–H and O–H groups in total. The number of piperidine rings is 1. The Labute approximate surface area is 157 Å². The van der Waals surface area contributed by atoms with Gasteiger partial charge in [0.15, 0.2) is 0 Å². The fraction of sp³-hybridized carbons (Fsp3) is 0.556. The van der Waals surface area contributed by atoms with Gasteiger partial charge in [0, 0.05) is 23.1 Å². The first-order chi connectivity index (χ1) is 11.6. The molecule has 1 aliphatic heterocycles. The molecule has 2 rings (SSSR count). The monoisotopic (exact) mass is 387 g/mol. The van der Waals surface area contributed by atoms with Crippen LogP contribution in [-0.2, 0) is 16.0 Å². The normalized spacial score (nSPS) is 21.1. The highest BCUT2D eigenvalue weighted by Crippen LogP contribution is 2.31. The van der Waals surface area contributed by atoms with Crippen molar-refractivity contribution in [2.45, 2.75) is 39.2 Å². The minimum Gasteiger partial charge on any atom is -0.481 e. The molecular formula is C18H23Cl2NO4. The molecule has 1 saturated heterocycles. The molecule has 0 aliphatic carbocycles. The zero-order valence-electron chi connectivity index (χ0n) is 14.6. The second-order valence-electron chi connectivity index (χ2n) is 7.36. The minimum atomic E-state index is -0.914. The smallest absolute Gasteiger partial charge is 0.410 e. The van der Waals surface area contributed by atoms with E-state index in [4.69, 9.17) is 27.9 Å². The van der Waals surface area contributed by atoms with Crippen LogP contribution in [0.3, 0.4) is 0 Å². The standard InChI is InChI=1S/C18H23Cl2NO4/c1-18(2,3)25-17(24)21-7-6-11(14(10-21)16(22)23)8-12-4-5-13(19)9-15(12)20/h4-5,9,11,14H,6-8,10H2,1-3H3,(H,22,23). The first-order valence-corrected chi connectivity index (χ1v) is 8.97. The van der Waals surface area contributed by atoms with Crippen molar-refractivity contribution in [3.63, 3.8) is 0 Å². The molecule has 5 nitrogen and oxygen atoms in total. The van der Waals surface area contributed by atoms with E-state index in [0.717, 1.165) is 5.56 Å². The first-order valence-electron chi connectivity index (χ1n) is 8.21. The summed E-state index contributed by atoms with van der Waals surface area (Å²) < 4.78 is 5.35. The van der Waals surface area contributed by atoms with Crippen molar-refractivity contribution in [1.82, 2.24) is 4.90 Å². The SMILES string of the molecule is CC(C)(C)OC(=O)N1CCC(Cc2ccc(Cl)cc2Cl)C(C(=O)O)C1. The molecule has 1 fully saturated rings. The van der Waals surface area contributed by atoms with Crippen molar-refractivity contribution in [1.29, 1.82) is 0 Å². The Morgan fingerprint density at radius 3 is 2.56 bits per heavy atom. The number of hydrogen-bond acceptors (Lipinski definition) is 3. The molecule has 1 aromatic rings. The topological polar surface area (TPSA) is 66.8 Å². The molecule has 2 atom stereocenters. The molecule has 0 bridgehead atoms. The molecule has 25 heavy (non-hydrogen) atoms. The van der Waals surface area contributed by atoms with E-state index in [-0.39, 0.29) is 12.5 Å². The van der Waals surface area contributed by atoms with Crippen LogP contribution in [0.15, 0.2) is 18.2 Å². The maximum atomic E-state index is 12.2. The lowest BCUT2D eigenvalue weighted by molar-refractivity contribution is -0.145. The van der Waals surface area contributed by atoms with Crippen molar-refractivity contribution in [2.75, 3.05) is 13.1 Å². The summed E-state index contributed by atoms with van der Waals surface area (Å²) in [5.41, 5.74) is 0.261. The van der Waals surface area contributed by atoms with Gasteiger partial charge in [-0.15, -0.1) is 0 Å². The highest BCUT2D eigenvalue weighted by molar-refractivity contribution is 6.35. The predicted octanol–water partition coefficient (Wildman–Crippen LogP) is 4.49. The van der Waals surface area contributed by atoms with Crippen molar-refractivity contribution in [3.05, 3.63) is 33.8 Å². The Hall–Kier alpha value is -1.46. The van der Waals surface area contributed by atoms with Gasteiger partial charge >= 0.3 is 12.1 Å². The molecule has 2 unspecified atom stereocenters. The van der Waals surface area contributed by atoms with Crippen LogP contribution in [0.2, 0.25) is 10.0 Å². The molecule has 138 valence electrons. The van der Waals surface area contributed by atoms with Crippen molar-refractivity contribution < 1.29 is 19.4 Å². The summed E-state index contributed by atoms with van der Waals surface area (Å²) in [6.45, 7) is 5.97. The highest BCUT2D eigenvalue weighted by Gasteiger charge is 2.37. The summed E-state index contributed by atoms with van der Waals surface area (Å²) in [4.78, 5) is 25.4. The van der Waals surface area contributed by atoms with Gasteiger partial charge in [-0.05, 0) is 57.2 Å². The number of likely N-dealkylation sites (tertiary alicyclic amines) is 1. The van der Waals surface area contributed by atoms with Gasteiger partial charge in [0.1, 0.15) is 5.60 Å². The van der Waals surface area contributed by atoms with E-state index >= 15 is 0 Å². The van der Waals surface area contributed by atoms with Gasteiger partial charge in [-0.1, -0.05) is 29.3 Å². The number of carboxylic acids is 1. The third-order valence-corrected chi connectivity index (χ3v) is 4.81. The number of aliphatic carboxylic acids is 1. The number of ether oxygens (including phenoxy) is 1. The molecule has 1 aliphatic rings. The second kappa shape index (κ2) is 7.83. The zero-order chi connectivity index (χ0) is 18.8. The second-order valence-corrected chi connectivity index (χ2v) is 8.20. The number of carboxylic acid groups (broad SMARTS) is 1. The van der Waals surface area contributed by atoms with E-state index in [1.807, 2.05) is 6.07 Å². The van der Waals surface area contributed by atoms with Gasteiger partial charge in [0.2, 0.25) is 0 Å². The number of amides is 1. The largest absolute Gasteiger partial charge is 0.481 e. The van der Waals surface area contributed by atoms with E-state index < -0.39 is 23.6 Å². The Kier molecular flexibility index (Phi) is 6.22. The van der Waals surface area contributed by atoms with Gasteiger partial charge < -0.3 is 14.7 Å². The highest BCUT2D eigenvalue weighted by atomic mass is 35.5. The molecule has 7 heteroatoms. The number of rotatable bonds is 3. The van der Waals surface area contributed by atoms with Crippen LogP contribution in [0.1, 0.15) is 32.8 Å². The van der Waals surface area contributed by atoms with Gasteiger partial charge in [0.05, 0.1) is 5.92 Å². The van der Waals surface area contributed by atoms with E-state index in [1.54, 1.807) is 32.9 Å². The third-order valence-electron chi connectivity index (χ3n) is 4.22. The lowest BCUT2D eigenvalue weighted by atomic mass is 9.81. The summed E-state index contributed by atoms with van der Waals surface area (Å²) in [6, 6.07) is 5.22. The Morgan fingerprint density at radius 1 is 1.32 bits per heavy atom. The summed E-state index contributed by atoms with van der Waals surface area (Å²) in [5.74, 6) is -1.67. The maximum Gasteiger partial charge on any atom is 0.410 e. The van der Waals surface area contributed by atoms with Crippen molar-refractivity contribution in [2.24, 2.45) is 11.8 Å². The van der Waals surface area contributed by atoms with Crippen LogP contribution < -0.4 is 0 Å². The van der Waals surface area contributed by atoms with Crippen LogP contribution in [0, 0.1) is 11.8 Å². The van der Waals surface area contributed by atoms with E-state index in [2.05, 4.69) is 0 Å². The minimum absolute atomic E-state index is 0.102. The Balaban J connectivity index is 2.09. The van der Waals surface area contributed by atoms with E-state index in [1.165, 1.54) is 4.90 Å². The van der Waals surface area contributed by atoms with Gasteiger partial charge in [0.25, 0.3) is 0 Å². The van der Waals surface area contributed by atoms with E-state index in [9.17, 15) is 14.7 Å². The lowest BCUT2D eigenvalue weighted by Gasteiger charge is -2.37. The quantitative estimate of drug-likeness (QED) is 0.828. The van der Waals surface area contributed by atoms with Crippen LogP contribution in [-0.4, -0.2) is 40.8 Å². The maximum absolute atomic E-state index is 12.2. The number of halogens is 2. The average molecular weight is 388 g/mol. The van der Waals surface area contributed by atoms with Gasteiger partial charge in [-0.3, -0.25) is 4.79 Å². The molecule has 0 spiro atoms.